The van der Waals surface area contributed by atoms with Crippen molar-refractivity contribution < 1.29 is 4.39 Å². The standard InChI is InChI=1S/C18H31FN2/c1-6-20-18(10-11-21(7-2)13-14(3)4)16-9-8-15(5)17(19)12-16/h8-9,12,14,18,20H,6-7,10-11,13H2,1-5H3. The van der Waals surface area contributed by atoms with E-state index in [1.807, 2.05) is 19.1 Å². The molecule has 21 heavy (non-hydrogen) atoms. The molecule has 0 aromatic heterocycles. The maximum absolute atomic E-state index is 13.8. The molecule has 0 aliphatic heterocycles. The van der Waals surface area contributed by atoms with E-state index in [0.29, 0.717) is 11.5 Å². The van der Waals surface area contributed by atoms with Crippen molar-refractivity contribution >= 4 is 0 Å². The molecule has 0 bridgehead atoms. The molecule has 1 N–H and O–H groups in total. The van der Waals surface area contributed by atoms with Gasteiger partial charge in [-0.3, -0.25) is 0 Å². The summed E-state index contributed by atoms with van der Waals surface area (Å²) in [6, 6.07) is 5.83. The maximum Gasteiger partial charge on any atom is 0.126 e. The summed E-state index contributed by atoms with van der Waals surface area (Å²) in [6.45, 7) is 14.7. The van der Waals surface area contributed by atoms with E-state index in [9.17, 15) is 4.39 Å². The minimum atomic E-state index is -0.107. The molecule has 0 amide bonds. The number of aryl methyl sites for hydroxylation is 1. The molecule has 0 heterocycles. The summed E-state index contributed by atoms with van der Waals surface area (Å²) in [5.74, 6) is 0.573. The lowest BCUT2D eigenvalue weighted by Crippen LogP contribution is -2.32. The lowest BCUT2D eigenvalue weighted by molar-refractivity contribution is 0.242. The van der Waals surface area contributed by atoms with Crippen LogP contribution >= 0.6 is 0 Å². The minimum absolute atomic E-state index is 0.107. The number of hydrogen-bond acceptors (Lipinski definition) is 2. The number of hydrogen-bond donors (Lipinski definition) is 1. The molecular weight excluding hydrogens is 263 g/mol. The van der Waals surface area contributed by atoms with Gasteiger partial charge < -0.3 is 10.2 Å². The molecule has 1 unspecified atom stereocenters. The van der Waals surface area contributed by atoms with Crippen molar-refractivity contribution in [3.8, 4) is 0 Å². The van der Waals surface area contributed by atoms with Gasteiger partial charge in [0.05, 0.1) is 0 Å². The van der Waals surface area contributed by atoms with Crippen LogP contribution in [-0.2, 0) is 0 Å². The first-order valence-corrected chi connectivity index (χ1v) is 8.19. The SMILES string of the molecule is CCNC(CCN(CC)CC(C)C)c1ccc(C)c(F)c1. The Labute approximate surface area is 129 Å². The Morgan fingerprint density at radius 1 is 1.24 bits per heavy atom. The molecule has 0 aliphatic carbocycles. The van der Waals surface area contributed by atoms with Crippen LogP contribution in [0.25, 0.3) is 0 Å². The van der Waals surface area contributed by atoms with Crippen molar-refractivity contribution in [1.82, 2.24) is 10.2 Å². The second kappa shape index (κ2) is 9.16. The third-order valence-corrected chi connectivity index (χ3v) is 3.85. The summed E-state index contributed by atoms with van der Waals surface area (Å²) in [4.78, 5) is 2.47. The van der Waals surface area contributed by atoms with Crippen molar-refractivity contribution in [1.29, 1.82) is 0 Å². The van der Waals surface area contributed by atoms with Gasteiger partial charge in [0.1, 0.15) is 5.82 Å². The van der Waals surface area contributed by atoms with E-state index < -0.39 is 0 Å². The summed E-state index contributed by atoms with van der Waals surface area (Å²) < 4.78 is 13.8. The molecule has 1 aromatic rings. The summed E-state index contributed by atoms with van der Waals surface area (Å²) in [7, 11) is 0. The number of benzene rings is 1. The number of nitrogens with one attached hydrogen (secondary N) is 1. The van der Waals surface area contributed by atoms with Gasteiger partial charge in [0.25, 0.3) is 0 Å². The van der Waals surface area contributed by atoms with Gasteiger partial charge in [-0.1, -0.05) is 39.8 Å². The fraction of sp³-hybridized carbons (Fsp3) is 0.667. The normalized spacial score (nSPS) is 13.1. The third kappa shape index (κ3) is 6.15. The van der Waals surface area contributed by atoms with Gasteiger partial charge in [-0.15, -0.1) is 0 Å². The van der Waals surface area contributed by atoms with Gasteiger partial charge in [-0.25, -0.2) is 4.39 Å². The average Bonchev–Trinajstić information content (AvgIpc) is 2.44. The minimum Gasteiger partial charge on any atom is -0.310 e. The Morgan fingerprint density at radius 3 is 2.48 bits per heavy atom. The van der Waals surface area contributed by atoms with E-state index in [-0.39, 0.29) is 11.9 Å². The zero-order valence-corrected chi connectivity index (χ0v) is 14.2. The first-order chi connectivity index (χ1) is 9.97. The predicted octanol–water partition coefficient (Wildman–Crippen LogP) is 4.15. The highest BCUT2D eigenvalue weighted by Crippen LogP contribution is 2.20. The van der Waals surface area contributed by atoms with Gasteiger partial charge in [0.2, 0.25) is 0 Å². The monoisotopic (exact) mass is 294 g/mol. The second-order valence-electron chi connectivity index (χ2n) is 6.19. The molecule has 0 saturated carbocycles. The van der Waals surface area contributed by atoms with Crippen molar-refractivity contribution in [3.63, 3.8) is 0 Å². The Morgan fingerprint density at radius 2 is 1.95 bits per heavy atom. The highest BCUT2D eigenvalue weighted by Gasteiger charge is 2.14. The van der Waals surface area contributed by atoms with E-state index in [0.717, 1.165) is 38.2 Å². The first kappa shape index (κ1) is 18.1. The van der Waals surface area contributed by atoms with Crippen LogP contribution in [0.2, 0.25) is 0 Å². The van der Waals surface area contributed by atoms with E-state index in [1.165, 1.54) is 0 Å². The van der Waals surface area contributed by atoms with Gasteiger partial charge in [-0.05, 0) is 56.1 Å². The van der Waals surface area contributed by atoms with E-state index >= 15 is 0 Å². The predicted molar refractivity (Wildman–Crippen MR) is 89.1 cm³/mol. The highest BCUT2D eigenvalue weighted by atomic mass is 19.1. The number of halogens is 1. The molecular formula is C18H31FN2. The van der Waals surface area contributed by atoms with Gasteiger partial charge >= 0.3 is 0 Å². The van der Waals surface area contributed by atoms with Crippen LogP contribution in [0.15, 0.2) is 18.2 Å². The van der Waals surface area contributed by atoms with Crippen LogP contribution in [0.3, 0.4) is 0 Å². The Balaban J connectivity index is 2.70. The van der Waals surface area contributed by atoms with E-state index in [1.54, 1.807) is 6.07 Å². The van der Waals surface area contributed by atoms with Gasteiger partial charge in [0.15, 0.2) is 0 Å². The largest absolute Gasteiger partial charge is 0.310 e. The van der Waals surface area contributed by atoms with Crippen LogP contribution in [0.5, 0.6) is 0 Å². The summed E-state index contributed by atoms with van der Waals surface area (Å²) >= 11 is 0. The topological polar surface area (TPSA) is 15.3 Å². The van der Waals surface area contributed by atoms with Gasteiger partial charge in [-0.2, -0.15) is 0 Å². The Bertz CT molecular complexity index is 418. The molecule has 0 fully saturated rings. The van der Waals surface area contributed by atoms with Crippen LogP contribution in [-0.4, -0.2) is 31.1 Å². The van der Waals surface area contributed by atoms with Crippen LogP contribution in [0.4, 0.5) is 4.39 Å². The van der Waals surface area contributed by atoms with Crippen LogP contribution in [0.1, 0.15) is 51.3 Å². The Kier molecular flexibility index (Phi) is 7.91. The van der Waals surface area contributed by atoms with Crippen molar-refractivity contribution in [2.24, 2.45) is 5.92 Å². The lowest BCUT2D eigenvalue weighted by Gasteiger charge is -2.26. The average molecular weight is 294 g/mol. The fourth-order valence-corrected chi connectivity index (χ4v) is 2.67. The molecule has 3 heteroatoms. The highest BCUT2D eigenvalue weighted by molar-refractivity contribution is 5.25. The summed E-state index contributed by atoms with van der Waals surface area (Å²) in [5, 5.41) is 3.49. The molecule has 0 spiro atoms. The molecule has 1 atom stereocenters. The summed E-state index contributed by atoms with van der Waals surface area (Å²) in [6.07, 6.45) is 1.01. The molecule has 0 saturated heterocycles. The third-order valence-electron chi connectivity index (χ3n) is 3.85. The lowest BCUT2D eigenvalue weighted by atomic mass is 10.0. The van der Waals surface area contributed by atoms with Crippen molar-refractivity contribution in [2.45, 2.75) is 47.1 Å². The quantitative estimate of drug-likeness (QED) is 0.736. The van der Waals surface area contributed by atoms with E-state index in [2.05, 4.69) is 37.9 Å². The maximum atomic E-state index is 13.8. The summed E-state index contributed by atoms with van der Waals surface area (Å²) in [5.41, 5.74) is 1.77. The van der Waals surface area contributed by atoms with Crippen LogP contribution < -0.4 is 5.32 Å². The molecule has 1 rings (SSSR count). The van der Waals surface area contributed by atoms with Crippen LogP contribution in [0, 0.1) is 18.7 Å². The van der Waals surface area contributed by atoms with Crippen molar-refractivity contribution in [2.75, 3.05) is 26.2 Å². The molecule has 120 valence electrons. The smallest absolute Gasteiger partial charge is 0.126 e. The fourth-order valence-electron chi connectivity index (χ4n) is 2.67. The van der Waals surface area contributed by atoms with E-state index in [4.69, 9.17) is 0 Å². The molecule has 0 aliphatic rings. The van der Waals surface area contributed by atoms with Crippen molar-refractivity contribution in [3.05, 3.63) is 35.1 Å². The molecule has 0 radical (unpaired) electrons. The first-order valence-electron chi connectivity index (χ1n) is 8.19. The zero-order valence-electron chi connectivity index (χ0n) is 14.2. The number of rotatable bonds is 9. The van der Waals surface area contributed by atoms with Gasteiger partial charge in [0, 0.05) is 12.6 Å². The molecule has 2 nitrogen and oxygen atoms in total. The molecule has 1 aromatic carbocycles. The second-order valence-corrected chi connectivity index (χ2v) is 6.19. The Hall–Kier alpha value is -0.930. The number of nitrogens with zero attached hydrogens (tertiary/aromatic N) is 1. The zero-order chi connectivity index (χ0) is 15.8.